The molecule has 0 spiro atoms. The van der Waals surface area contributed by atoms with Gasteiger partial charge in [-0.25, -0.2) is 4.98 Å². The van der Waals surface area contributed by atoms with Crippen LogP contribution in [0.1, 0.15) is 0 Å². The van der Waals surface area contributed by atoms with Crippen molar-refractivity contribution in [3.63, 3.8) is 0 Å². The van der Waals surface area contributed by atoms with Crippen molar-refractivity contribution in [1.82, 2.24) is 19.7 Å². The molecule has 2 aromatic rings. The maximum atomic E-state index is 6.03. The fraction of sp³-hybridized carbons (Fsp3) is 0.556. The van der Waals surface area contributed by atoms with Gasteiger partial charge >= 0.3 is 0 Å². The molecule has 2 aromatic heterocycles. The molecule has 0 aliphatic carbocycles. The second kappa shape index (κ2) is 7.95. The van der Waals surface area contributed by atoms with E-state index >= 15 is 0 Å². The molecule has 2 aliphatic rings. The zero-order valence-electron chi connectivity index (χ0n) is 14.4. The Kier molecular flexibility index (Phi) is 5.25. The van der Waals surface area contributed by atoms with E-state index in [0.29, 0.717) is 6.61 Å². The van der Waals surface area contributed by atoms with Crippen LogP contribution in [0.2, 0.25) is 0 Å². The third-order valence-corrected chi connectivity index (χ3v) is 4.86. The van der Waals surface area contributed by atoms with Crippen molar-refractivity contribution in [3.05, 3.63) is 42.9 Å². The van der Waals surface area contributed by atoms with Gasteiger partial charge in [0.15, 0.2) is 0 Å². The van der Waals surface area contributed by atoms with Gasteiger partial charge in [0.25, 0.3) is 0 Å². The minimum absolute atomic E-state index is 0.0864. The lowest BCUT2D eigenvalue weighted by Gasteiger charge is -2.41. The van der Waals surface area contributed by atoms with Crippen molar-refractivity contribution in [3.8, 4) is 0 Å². The molecule has 2 aliphatic heterocycles. The zero-order chi connectivity index (χ0) is 16.9. The molecule has 0 bridgehead atoms. The Morgan fingerprint density at radius 2 is 1.84 bits per heavy atom. The SMILES string of the molecule is c1ccc(N2CCOC(C3CN(CCn4cccn4)CCO3)C2)nc1. The summed E-state index contributed by atoms with van der Waals surface area (Å²) in [6.07, 6.45) is 5.87. The summed E-state index contributed by atoms with van der Waals surface area (Å²) >= 11 is 0. The lowest BCUT2D eigenvalue weighted by atomic mass is 10.1. The van der Waals surface area contributed by atoms with Crippen LogP contribution in [0, 0.1) is 0 Å². The molecule has 134 valence electrons. The first kappa shape index (κ1) is 16.5. The molecule has 4 heterocycles. The summed E-state index contributed by atoms with van der Waals surface area (Å²) in [5, 5.41) is 4.27. The topological polar surface area (TPSA) is 55.7 Å². The Balaban J connectivity index is 1.32. The van der Waals surface area contributed by atoms with Crippen molar-refractivity contribution < 1.29 is 9.47 Å². The summed E-state index contributed by atoms with van der Waals surface area (Å²) < 4.78 is 14.0. The number of rotatable bonds is 5. The van der Waals surface area contributed by atoms with Crippen LogP contribution in [-0.4, -0.2) is 77.8 Å². The van der Waals surface area contributed by atoms with Gasteiger partial charge in [0.05, 0.1) is 25.9 Å². The van der Waals surface area contributed by atoms with Gasteiger partial charge in [0, 0.05) is 51.3 Å². The Labute approximate surface area is 148 Å². The van der Waals surface area contributed by atoms with Gasteiger partial charge in [-0.15, -0.1) is 0 Å². The highest BCUT2D eigenvalue weighted by atomic mass is 16.5. The molecule has 0 amide bonds. The molecule has 25 heavy (non-hydrogen) atoms. The normalized spacial score (nSPS) is 25.2. The Morgan fingerprint density at radius 3 is 2.64 bits per heavy atom. The van der Waals surface area contributed by atoms with Gasteiger partial charge in [-0.1, -0.05) is 6.07 Å². The average molecular weight is 343 g/mol. The first-order valence-electron chi connectivity index (χ1n) is 8.97. The molecular weight excluding hydrogens is 318 g/mol. The lowest BCUT2D eigenvalue weighted by Crippen LogP contribution is -2.55. The fourth-order valence-electron chi connectivity index (χ4n) is 3.49. The Hall–Kier alpha value is -1.96. The summed E-state index contributed by atoms with van der Waals surface area (Å²) in [5.74, 6) is 1.02. The van der Waals surface area contributed by atoms with E-state index in [1.807, 2.05) is 41.5 Å². The van der Waals surface area contributed by atoms with Crippen LogP contribution in [0.4, 0.5) is 5.82 Å². The molecule has 0 radical (unpaired) electrons. The molecule has 2 fully saturated rings. The summed E-state index contributed by atoms with van der Waals surface area (Å²) in [6, 6.07) is 7.99. The van der Waals surface area contributed by atoms with Crippen LogP contribution in [0.5, 0.6) is 0 Å². The minimum Gasteiger partial charge on any atom is -0.373 e. The number of hydrogen-bond donors (Lipinski definition) is 0. The second-order valence-corrected chi connectivity index (χ2v) is 6.52. The zero-order valence-corrected chi connectivity index (χ0v) is 14.4. The summed E-state index contributed by atoms with van der Waals surface area (Å²) in [7, 11) is 0. The van der Waals surface area contributed by atoms with E-state index in [4.69, 9.17) is 9.47 Å². The van der Waals surface area contributed by atoms with Gasteiger partial charge in [-0.05, 0) is 18.2 Å². The van der Waals surface area contributed by atoms with Crippen LogP contribution >= 0.6 is 0 Å². The number of morpholine rings is 2. The van der Waals surface area contributed by atoms with Gasteiger partial charge in [0.2, 0.25) is 0 Å². The lowest BCUT2D eigenvalue weighted by molar-refractivity contribution is -0.115. The van der Waals surface area contributed by atoms with Crippen LogP contribution in [0.15, 0.2) is 42.9 Å². The van der Waals surface area contributed by atoms with Crippen molar-refractivity contribution in [2.75, 3.05) is 50.8 Å². The standard InChI is InChI=1S/C18H25N5O2/c1-2-5-19-18(4-1)22-11-13-25-17(15-22)16-14-21(10-12-24-16)8-9-23-7-3-6-20-23/h1-7,16-17H,8-15H2. The third-order valence-electron chi connectivity index (χ3n) is 4.86. The predicted octanol–water partition coefficient (Wildman–Crippen LogP) is 0.884. The van der Waals surface area contributed by atoms with E-state index in [1.54, 1.807) is 0 Å². The quantitative estimate of drug-likeness (QED) is 0.803. The summed E-state index contributed by atoms with van der Waals surface area (Å²) in [4.78, 5) is 9.20. The molecule has 0 saturated carbocycles. The van der Waals surface area contributed by atoms with E-state index < -0.39 is 0 Å². The molecule has 2 unspecified atom stereocenters. The highest BCUT2D eigenvalue weighted by molar-refractivity contribution is 5.38. The van der Waals surface area contributed by atoms with Gasteiger partial charge in [0.1, 0.15) is 11.9 Å². The van der Waals surface area contributed by atoms with E-state index in [1.165, 1.54) is 0 Å². The summed E-state index contributed by atoms with van der Waals surface area (Å²) in [5.41, 5.74) is 0. The highest BCUT2D eigenvalue weighted by Gasteiger charge is 2.32. The number of aromatic nitrogens is 3. The van der Waals surface area contributed by atoms with Crippen LogP contribution < -0.4 is 4.90 Å². The number of ether oxygens (including phenoxy) is 2. The third kappa shape index (κ3) is 4.18. The molecule has 2 saturated heterocycles. The van der Waals surface area contributed by atoms with E-state index in [0.717, 1.165) is 51.7 Å². The molecular formula is C18H25N5O2. The molecule has 0 N–H and O–H groups in total. The van der Waals surface area contributed by atoms with Gasteiger partial charge in [-0.2, -0.15) is 5.10 Å². The van der Waals surface area contributed by atoms with Gasteiger partial charge in [-0.3, -0.25) is 9.58 Å². The first-order valence-corrected chi connectivity index (χ1v) is 8.97. The number of nitrogens with zero attached hydrogens (tertiary/aromatic N) is 5. The largest absolute Gasteiger partial charge is 0.373 e. The molecule has 2 atom stereocenters. The number of anilines is 1. The average Bonchev–Trinajstić information content (AvgIpc) is 3.21. The maximum absolute atomic E-state index is 6.03. The van der Waals surface area contributed by atoms with Crippen LogP contribution in [-0.2, 0) is 16.0 Å². The van der Waals surface area contributed by atoms with Crippen molar-refractivity contribution in [2.24, 2.45) is 0 Å². The highest BCUT2D eigenvalue weighted by Crippen LogP contribution is 2.19. The van der Waals surface area contributed by atoms with E-state index in [2.05, 4.69) is 25.9 Å². The number of hydrogen-bond acceptors (Lipinski definition) is 6. The van der Waals surface area contributed by atoms with Crippen molar-refractivity contribution in [2.45, 2.75) is 18.8 Å². The second-order valence-electron chi connectivity index (χ2n) is 6.52. The minimum atomic E-state index is 0.0864. The fourth-order valence-corrected chi connectivity index (χ4v) is 3.49. The smallest absolute Gasteiger partial charge is 0.128 e. The number of pyridine rings is 1. The van der Waals surface area contributed by atoms with Crippen LogP contribution in [0.3, 0.4) is 0 Å². The first-order chi connectivity index (χ1) is 12.4. The van der Waals surface area contributed by atoms with Gasteiger partial charge < -0.3 is 14.4 Å². The predicted molar refractivity (Wildman–Crippen MR) is 94.6 cm³/mol. The molecule has 7 heteroatoms. The Bertz CT molecular complexity index is 636. The van der Waals surface area contributed by atoms with Crippen molar-refractivity contribution in [1.29, 1.82) is 0 Å². The monoisotopic (exact) mass is 343 g/mol. The van der Waals surface area contributed by atoms with E-state index in [-0.39, 0.29) is 12.2 Å². The van der Waals surface area contributed by atoms with E-state index in [9.17, 15) is 0 Å². The molecule has 0 aromatic carbocycles. The van der Waals surface area contributed by atoms with Crippen molar-refractivity contribution >= 4 is 5.82 Å². The molecule has 4 rings (SSSR count). The Morgan fingerprint density at radius 1 is 0.960 bits per heavy atom. The maximum Gasteiger partial charge on any atom is 0.128 e. The van der Waals surface area contributed by atoms with Crippen LogP contribution in [0.25, 0.3) is 0 Å². The molecule has 7 nitrogen and oxygen atoms in total. The summed E-state index contributed by atoms with van der Waals surface area (Å²) in [6.45, 7) is 6.94.